The first-order chi connectivity index (χ1) is 2.81. The van der Waals surface area contributed by atoms with E-state index in [1.807, 2.05) is 0 Å². The van der Waals surface area contributed by atoms with Gasteiger partial charge in [-0.3, -0.25) is 0 Å². The van der Waals surface area contributed by atoms with Gasteiger partial charge in [0.15, 0.2) is 0 Å². The summed E-state index contributed by atoms with van der Waals surface area (Å²) in [5.74, 6) is 0. The van der Waals surface area contributed by atoms with Gasteiger partial charge in [0.2, 0.25) is 0 Å². The monoisotopic (exact) mass is 103 g/mol. The van der Waals surface area contributed by atoms with Crippen molar-refractivity contribution in [1.29, 1.82) is 0 Å². The van der Waals surface area contributed by atoms with E-state index >= 15 is 0 Å². The normalized spacial score (nSPS) is 15.0. The molecule has 0 aromatic carbocycles. The highest BCUT2D eigenvalue weighted by molar-refractivity contribution is 6.04. The fraction of sp³-hybridized carbons (Fsp3) is 1.00. The van der Waals surface area contributed by atoms with Gasteiger partial charge in [-0.2, -0.15) is 0 Å². The minimum Gasteiger partial charge on any atom is -0.343 e. The molecule has 1 atom stereocenters. The molecule has 0 heterocycles. The highest BCUT2D eigenvalue weighted by Crippen LogP contribution is 1.82. The Morgan fingerprint density at radius 1 is 1.83 bits per heavy atom. The molecule has 0 aliphatic carbocycles. The SMILES string of the molecule is CCC(C)N[SiH3]. The molecule has 0 saturated carbocycles. The summed E-state index contributed by atoms with van der Waals surface area (Å²) in [6.45, 7) is 4.39. The summed E-state index contributed by atoms with van der Waals surface area (Å²) in [7, 11) is 1.13. The lowest BCUT2D eigenvalue weighted by Gasteiger charge is -2.02. The summed E-state index contributed by atoms with van der Waals surface area (Å²) in [6, 6.07) is 0.747. The molecule has 0 aromatic heterocycles. The van der Waals surface area contributed by atoms with E-state index in [0.29, 0.717) is 0 Å². The van der Waals surface area contributed by atoms with Gasteiger partial charge in [-0.15, -0.1) is 0 Å². The summed E-state index contributed by atoms with van der Waals surface area (Å²) in [5, 5.41) is 0. The van der Waals surface area contributed by atoms with Crippen molar-refractivity contribution >= 4 is 10.4 Å². The molecule has 0 rings (SSSR count). The Labute approximate surface area is 42.6 Å². The second-order valence-electron chi connectivity index (χ2n) is 1.60. The minimum absolute atomic E-state index is 0.747. The van der Waals surface area contributed by atoms with Gasteiger partial charge < -0.3 is 4.98 Å². The maximum atomic E-state index is 3.25. The maximum Gasteiger partial charge on any atom is 0.0752 e. The molecule has 0 aliphatic rings. The molecule has 1 N–H and O–H groups in total. The van der Waals surface area contributed by atoms with Crippen LogP contribution in [0.3, 0.4) is 0 Å². The Morgan fingerprint density at radius 3 is 2.33 bits per heavy atom. The summed E-state index contributed by atoms with van der Waals surface area (Å²) in [4.78, 5) is 3.25. The largest absolute Gasteiger partial charge is 0.343 e. The average molecular weight is 103 g/mol. The van der Waals surface area contributed by atoms with Gasteiger partial charge in [-0.25, -0.2) is 0 Å². The first-order valence-electron chi connectivity index (χ1n) is 2.48. The van der Waals surface area contributed by atoms with Crippen molar-refractivity contribution in [3.63, 3.8) is 0 Å². The van der Waals surface area contributed by atoms with Gasteiger partial charge in [0.25, 0.3) is 0 Å². The van der Waals surface area contributed by atoms with Crippen LogP contribution in [0.25, 0.3) is 0 Å². The van der Waals surface area contributed by atoms with Gasteiger partial charge in [-0.1, -0.05) is 13.8 Å². The molecule has 0 aliphatic heterocycles. The van der Waals surface area contributed by atoms with Gasteiger partial charge in [0, 0.05) is 0 Å². The molecule has 0 aromatic rings. The molecule has 1 unspecified atom stereocenters. The molecular formula is C4H13NSi. The Bertz CT molecular complexity index is 26.7. The lowest BCUT2D eigenvalue weighted by Crippen LogP contribution is -2.20. The standard InChI is InChI=1S/C4H13NSi/c1-3-4(2)5-6/h4-5H,3H2,1-2,6H3. The predicted octanol–water partition coefficient (Wildman–Crippen LogP) is -0.345. The topological polar surface area (TPSA) is 12.0 Å². The molecule has 6 heavy (non-hydrogen) atoms. The first kappa shape index (κ1) is 6.18. The van der Waals surface area contributed by atoms with E-state index in [-0.39, 0.29) is 0 Å². The molecule has 0 spiro atoms. The van der Waals surface area contributed by atoms with Gasteiger partial charge in [0.1, 0.15) is 0 Å². The zero-order valence-corrected chi connectivity index (χ0v) is 6.78. The van der Waals surface area contributed by atoms with Crippen LogP contribution in [0, 0.1) is 0 Å². The van der Waals surface area contributed by atoms with Crippen LogP contribution in [0.1, 0.15) is 20.3 Å². The third-order valence-corrected chi connectivity index (χ3v) is 2.09. The highest BCUT2D eigenvalue weighted by atomic mass is 28.2. The zero-order chi connectivity index (χ0) is 4.99. The Balaban J connectivity index is 2.75. The van der Waals surface area contributed by atoms with E-state index in [1.54, 1.807) is 0 Å². The van der Waals surface area contributed by atoms with E-state index in [9.17, 15) is 0 Å². The van der Waals surface area contributed by atoms with Gasteiger partial charge >= 0.3 is 0 Å². The van der Waals surface area contributed by atoms with Crippen LogP contribution in [0.2, 0.25) is 0 Å². The molecular weight excluding hydrogens is 90.1 g/mol. The van der Waals surface area contributed by atoms with Crippen molar-refractivity contribution in [3.8, 4) is 0 Å². The van der Waals surface area contributed by atoms with Crippen molar-refractivity contribution in [2.45, 2.75) is 26.3 Å². The second kappa shape index (κ2) is 3.37. The summed E-state index contributed by atoms with van der Waals surface area (Å²) in [5.41, 5.74) is 0. The fourth-order valence-corrected chi connectivity index (χ4v) is 0.612. The Morgan fingerprint density at radius 2 is 2.33 bits per heavy atom. The molecule has 0 saturated heterocycles. The number of nitrogens with one attached hydrogen (secondary N) is 1. The van der Waals surface area contributed by atoms with Crippen LogP contribution in [-0.2, 0) is 0 Å². The van der Waals surface area contributed by atoms with Crippen LogP contribution in [0.5, 0.6) is 0 Å². The molecule has 0 bridgehead atoms. The quantitative estimate of drug-likeness (QED) is 0.471. The van der Waals surface area contributed by atoms with E-state index in [0.717, 1.165) is 16.4 Å². The van der Waals surface area contributed by atoms with Crippen LogP contribution in [0.15, 0.2) is 0 Å². The number of hydrogen-bond acceptors (Lipinski definition) is 1. The molecule has 1 nitrogen and oxygen atoms in total. The Hall–Kier alpha value is 0.177. The van der Waals surface area contributed by atoms with Crippen LogP contribution in [0.4, 0.5) is 0 Å². The summed E-state index contributed by atoms with van der Waals surface area (Å²) in [6.07, 6.45) is 1.25. The number of rotatable bonds is 2. The Kier molecular flexibility index (Phi) is 3.47. The van der Waals surface area contributed by atoms with Crippen molar-refractivity contribution in [1.82, 2.24) is 4.98 Å². The molecule has 0 radical (unpaired) electrons. The zero-order valence-electron chi connectivity index (χ0n) is 4.78. The van der Waals surface area contributed by atoms with Crippen LogP contribution >= 0.6 is 0 Å². The van der Waals surface area contributed by atoms with E-state index in [1.165, 1.54) is 6.42 Å². The molecule has 0 fully saturated rings. The van der Waals surface area contributed by atoms with Crippen LogP contribution in [-0.4, -0.2) is 16.4 Å². The maximum absolute atomic E-state index is 3.25. The molecule has 0 amide bonds. The predicted molar refractivity (Wildman–Crippen MR) is 32.8 cm³/mol. The van der Waals surface area contributed by atoms with Crippen LogP contribution < -0.4 is 4.98 Å². The van der Waals surface area contributed by atoms with Gasteiger partial charge in [0.05, 0.1) is 10.4 Å². The minimum atomic E-state index is 0.747. The second-order valence-corrected chi connectivity index (χ2v) is 2.18. The summed E-state index contributed by atoms with van der Waals surface area (Å²) < 4.78 is 0. The molecule has 38 valence electrons. The highest BCUT2D eigenvalue weighted by Gasteiger charge is 1.86. The van der Waals surface area contributed by atoms with E-state index in [2.05, 4.69) is 18.8 Å². The van der Waals surface area contributed by atoms with Crippen molar-refractivity contribution in [2.75, 3.05) is 0 Å². The first-order valence-corrected chi connectivity index (χ1v) is 3.48. The lowest BCUT2D eigenvalue weighted by atomic mass is 10.3. The third-order valence-electron chi connectivity index (χ3n) is 1.11. The van der Waals surface area contributed by atoms with Crippen molar-refractivity contribution in [2.24, 2.45) is 0 Å². The van der Waals surface area contributed by atoms with Crippen molar-refractivity contribution in [3.05, 3.63) is 0 Å². The summed E-state index contributed by atoms with van der Waals surface area (Å²) >= 11 is 0. The third kappa shape index (κ3) is 2.42. The average Bonchev–Trinajstić information content (AvgIpc) is 1.65. The lowest BCUT2D eigenvalue weighted by molar-refractivity contribution is 0.661. The van der Waals surface area contributed by atoms with E-state index in [4.69, 9.17) is 0 Å². The smallest absolute Gasteiger partial charge is 0.0752 e. The van der Waals surface area contributed by atoms with Crippen molar-refractivity contribution < 1.29 is 0 Å². The van der Waals surface area contributed by atoms with Gasteiger partial charge in [-0.05, 0) is 12.5 Å². The molecule has 2 heteroatoms. The van der Waals surface area contributed by atoms with E-state index < -0.39 is 0 Å². The number of hydrogen-bond donors (Lipinski definition) is 1. The fourth-order valence-electron chi connectivity index (χ4n) is 0.204.